The molecule has 0 bridgehead atoms. The summed E-state index contributed by atoms with van der Waals surface area (Å²) in [5.41, 5.74) is 5.09. The van der Waals surface area contributed by atoms with Gasteiger partial charge in [-0.2, -0.15) is 0 Å². The average molecular weight is 476 g/mol. The fourth-order valence-electron chi connectivity index (χ4n) is 5.23. The second-order valence-electron chi connectivity index (χ2n) is 9.37. The van der Waals surface area contributed by atoms with Gasteiger partial charge in [0.25, 0.3) is 0 Å². The molecule has 31 heavy (non-hydrogen) atoms. The number of allylic oxidation sites excluding steroid dienone is 2. The molecule has 1 N–H and O–H groups in total. The smallest absolute Gasteiger partial charge is 0.231 e. The molecule has 3 aliphatic rings. The molecule has 0 saturated heterocycles. The zero-order chi connectivity index (χ0) is 21.3. The van der Waals surface area contributed by atoms with Gasteiger partial charge in [0, 0.05) is 33.5 Å². The number of ether oxygens (including phenoxy) is 2. The number of hydrogen-bond acceptors (Lipinski definition) is 4. The van der Waals surface area contributed by atoms with E-state index < -0.39 is 0 Å². The minimum Gasteiger partial charge on any atom is -0.454 e. The van der Waals surface area contributed by atoms with E-state index in [-0.39, 0.29) is 23.9 Å². The maximum absolute atomic E-state index is 13.5. The number of fused-ring (bicyclic) bond motifs is 4. The second kappa shape index (κ2) is 6.60. The number of nitrogens with one attached hydrogen (secondary N) is 1. The van der Waals surface area contributed by atoms with Crippen molar-refractivity contribution in [3.63, 3.8) is 0 Å². The number of carbonyl (C=O) groups excluding carboxylic acids is 1. The molecule has 156 valence electrons. The Morgan fingerprint density at radius 1 is 1.00 bits per heavy atom. The molecule has 0 saturated carbocycles. The predicted molar refractivity (Wildman–Crippen MR) is 125 cm³/mol. The molecule has 0 radical (unpaired) electrons. The molecule has 0 fully saturated rings. The number of carbonyl (C=O) groups is 1. The van der Waals surface area contributed by atoms with Crippen LogP contribution in [0.25, 0.3) is 10.8 Å². The molecule has 5 heteroatoms. The van der Waals surface area contributed by atoms with E-state index in [1.54, 1.807) is 0 Å². The standard InChI is InChI=1S/C26H22BrNO3/c1-26(2)11-19-24(20(29)12-26)23(17-9-21-22(10-18(17)27)31-13-30-21)16-8-7-14-5-3-4-6-15(14)25(16)28-19/h3-10,23,28H,11-13H2,1-2H3/t23-/m1/s1. The van der Waals surface area contributed by atoms with Gasteiger partial charge in [-0.3, -0.25) is 4.79 Å². The molecule has 0 amide bonds. The first-order valence-electron chi connectivity index (χ1n) is 10.6. The molecule has 0 aromatic heterocycles. The van der Waals surface area contributed by atoms with E-state index in [1.165, 1.54) is 10.8 Å². The molecular formula is C26H22BrNO3. The van der Waals surface area contributed by atoms with Crippen LogP contribution in [0.4, 0.5) is 5.69 Å². The Morgan fingerprint density at radius 3 is 2.61 bits per heavy atom. The summed E-state index contributed by atoms with van der Waals surface area (Å²) in [6, 6.07) is 16.7. The summed E-state index contributed by atoms with van der Waals surface area (Å²) in [7, 11) is 0. The molecule has 6 rings (SSSR count). The van der Waals surface area contributed by atoms with Crippen LogP contribution in [0.1, 0.15) is 43.7 Å². The molecule has 0 spiro atoms. The number of Topliss-reactive ketones (excluding diaryl/α,β-unsaturated/α-hetero) is 1. The lowest BCUT2D eigenvalue weighted by Gasteiger charge is -2.40. The van der Waals surface area contributed by atoms with E-state index in [0.29, 0.717) is 6.42 Å². The first-order chi connectivity index (χ1) is 14.9. The van der Waals surface area contributed by atoms with Gasteiger partial charge in [-0.15, -0.1) is 0 Å². The van der Waals surface area contributed by atoms with Crippen molar-refractivity contribution in [2.45, 2.75) is 32.6 Å². The lowest BCUT2D eigenvalue weighted by atomic mass is 9.68. The Labute approximate surface area is 189 Å². The van der Waals surface area contributed by atoms with Crippen molar-refractivity contribution in [2.75, 3.05) is 12.1 Å². The fraction of sp³-hybridized carbons (Fsp3) is 0.269. The summed E-state index contributed by atoms with van der Waals surface area (Å²) < 4.78 is 12.2. The number of hydrogen-bond donors (Lipinski definition) is 1. The van der Waals surface area contributed by atoms with Crippen molar-refractivity contribution in [3.8, 4) is 11.5 Å². The molecule has 1 atom stereocenters. The van der Waals surface area contributed by atoms with Crippen LogP contribution in [0.2, 0.25) is 0 Å². The van der Waals surface area contributed by atoms with E-state index in [4.69, 9.17) is 9.47 Å². The number of benzene rings is 3. The Morgan fingerprint density at radius 2 is 1.77 bits per heavy atom. The summed E-state index contributed by atoms with van der Waals surface area (Å²) in [5.74, 6) is 1.51. The highest BCUT2D eigenvalue weighted by Crippen LogP contribution is 2.53. The van der Waals surface area contributed by atoms with Crippen molar-refractivity contribution in [2.24, 2.45) is 5.41 Å². The van der Waals surface area contributed by atoms with Gasteiger partial charge in [0.2, 0.25) is 6.79 Å². The van der Waals surface area contributed by atoms with Gasteiger partial charge < -0.3 is 14.8 Å². The van der Waals surface area contributed by atoms with Crippen molar-refractivity contribution in [1.82, 2.24) is 0 Å². The summed E-state index contributed by atoms with van der Waals surface area (Å²) >= 11 is 3.76. The van der Waals surface area contributed by atoms with E-state index in [1.807, 2.05) is 12.1 Å². The maximum atomic E-state index is 13.5. The largest absolute Gasteiger partial charge is 0.454 e. The zero-order valence-corrected chi connectivity index (χ0v) is 19.0. The SMILES string of the molecule is CC1(C)CC(=O)C2=C(C1)Nc1c(ccc3ccccc13)[C@@H]2c1cc2c(cc1Br)OCO2. The summed E-state index contributed by atoms with van der Waals surface area (Å²) in [6.45, 7) is 4.56. The molecule has 0 unspecified atom stereocenters. The topological polar surface area (TPSA) is 47.6 Å². The predicted octanol–water partition coefficient (Wildman–Crippen LogP) is 6.53. The van der Waals surface area contributed by atoms with Gasteiger partial charge in [0.05, 0.1) is 5.69 Å². The second-order valence-corrected chi connectivity index (χ2v) is 10.2. The normalized spacial score (nSPS) is 21.0. The fourth-order valence-corrected chi connectivity index (χ4v) is 5.78. The summed E-state index contributed by atoms with van der Waals surface area (Å²) in [4.78, 5) is 13.5. The molecule has 2 heterocycles. The summed E-state index contributed by atoms with van der Waals surface area (Å²) in [6.07, 6.45) is 1.39. The van der Waals surface area contributed by atoms with Gasteiger partial charge in [-0.05, 0) is 40.5 Å². The molecule has 3 aromatic carbocycles. The van der Waals surface area contributed by atoms with Crippen molar-refractivity contribution >= 4 is 38.2 Å². The minimum absolute atomic E-state index is 0.0678. The Kier molecular flexibility index (Phi) is 4.03. The van der Waals surface area contributed by atoms with Crippen LogP contribution in [-0.2, 0) is 4.79 Å². The van der Waals surface area contributed by atoms with Gasteiger partial charge in [-0.25, -0.2) is 0 Å². The Hall–Kier alpha value is -2.79. The maximum Gasteiger partial charge on any atom is 0.231 e. The number of halogens is 1. The lowest BCUT2D eigenvalue weighted by molar-refractivity contribution is -0.118. The van der Waals surface area contributed by atoms with Crippen LogP contribution in [0.5, 0.6) is 11.5 Å². The van der Waals surface area contributed by atoms with Crippen LogP contribution in [0.3, 0.4) is 0 Å². The number of rotatable bonds is 1. The first kappa shape index (κ1) is 18.9. The van der Waals surface area contributed by atoms with E-state index in [9.17, 15) is 4.79 Å². The van der Waals surface area contributed by atoms with Crippen molar-refractivity contribution in [3.05, 3.63) is 75.4 Å². The molecule has 1 aliphatic carbocycles. The van der Waals surface area contributed by atoms with Gasteiger partial charge in [0.1, 0.15) is 0 Å². The van der Waals surface area contributed by atoms with E-state index >= 15 is 0 Å². The van der Waals surface area contributed by atoms with Crippen LogP contribution in [-0.4, -0.2) is 12.6 Å². The highest BCUT2D eigenvalue weighted by atomic mass is 79.9. The third kappa shape index (κ3) is 2.90. The van der Waals surface area contributed by atoms with Gasteiger partial charge in [-0.1, -0.05) is 66.2 Å². The van der Waals surface area contributed by atoms with Crippen LogP contribution >= 0.6 is 15.9 Å². The zero-order valence-electron chi connectivity index (χ0n) is 17.4. The molecule has 4 nitrogen and oxygen atoms in total. The van der Waals surface area contributed by atoms with E-state index in [2.05, 4.69) is 71.5 Å². The first-order valence-corrected chi connectivity index (χ1v) is 11.3. The van der Waals surface area contributed by atoms with Crippen LogP contribution in [0.15, 0.2) is 64.3 Å². The van der Waals surface area contributed by atoms with Crippen LogP contribution < -0.4 is 14.8 Å². The molecular weight excluding hydrogens is 454 g/mol. The average Bonchev–Trinajstić information content (AvgIpc) is 3.18. The molecule has 3 aromatic rings. The highest BCUT2D eigenvalue weighted by molar-refractivity contribution is 9.10. The minimum atomic E-state index is -0.164. The highest BCUT2D eigenvalue weighted by Gasteiger charge is 2.41. The number of anilines is 1. The van der Waals surface area contributed by atoms with E-state index in [0.717, 1.165) is 50.5 Å². The van der Waals surface area contributed by atoms with Crippen LogP contribution in [0, 0.1) is 5.41 Å². The van der Waals surface area contributed by atoms with Gasteiger partial charge >= 0.3 is 0 Å². The number of ketones is 1. The van der Waals surface area contributed by atoms with Crippen molar-refractivity contribution in [1.29, 1.82) is 0 Å². The third-order valence-corrected chi connectivity index (χ3v) is 7.25. The third-order valence-electron chi connectivity index (χ3n) is 6.56. The van der Waals surface area contributed by atoms with Crippen molar-refractivity contribution < 1.29 is 14.3 Å². The quantitative estimate of drug-likeness (QED) is 0.434. The Balaban J connectivity index is 1.64. The van der Waals surface area contributed by atoms with Gasteiger partial charge in [0.15, 0.2) is 17.3 Å². The lowest BCUT2D eigenvalue weighted by Crippen LogP contribution is -2.34. The monoisotopic (exact) mass is 475 g/mol. The molecule has 2 aliphatic heterocycles. The Bertz CT molecular complexity index is 1310. The summed E-state index contributed by atoms with van der Waals surface area (Å²) in [5, 5.41) is 6.04.